The summed E-state index contributed by atoms with van der Waals surface area (Å²) in [4.78, 5) is 21.5. The first kappa shape index (κ1) is 17.3. The predicted molar refractivity (Wildman–Crippen MR) is 115 cm³/mol. The number of nitrogens with zero attached hydrogens (tertiary/aromatic N) is 4. The van der Waals surface area contributed by atoms with Crippen LogP contribution in [0.1, 0.15) is 16.1 Å². The number of hydrogen-bond donors (Lipinski definition) is 1. The number of aliphatic imine (C=N–C) groups is 1. The summed E-state index contributed by atoms with van der Waals surface area (Å²) >= 11 is 1.27. The maximum Gasteiger partial charge on any atom is 0.283 e. The second-order valence-electron chi connectivity index (χ2n) is 6.38. The van der Waals surface area contributed by atoms with E-state index in [1.165, 1.54) is 15.9 Å². The highest BCUT2D eigenvalue weighted by Gasteiger charge is 2.17. The molecule has 0 atom stereocenters. The van der Waals surface area contributed by atoms with Crippen LogP contribution in [0.4, 0.5) is 11.5 Å². The molecular formula is C21H15N5O2S. The Kier molecular flexibility index (Phi) is 4.18. The van der Waals surface area contributed by atoms with Crippen molar-refractivity contribution in [3.8, 4) is 5.75 Å². The van der Waals surface area contributed by atoms with E-state index in [0.717, 1.165) is 22.6 Å². The van der Waals surface area contributed by atoms with Crippen molar-refractivity contribution in [2.45, 2.75) is 6.61 Å². The Morgan fingerprint density at radius 1 is 1.10 bits per heavy atom. The van der Waals surface area contributed by atoms with Crippen LogP contribution in [0.25, 0.3) is 16.6 Å². The summed E-state index contributed by atoms with van der Waals surface area (Å²) in [5.74, 6) is 0.985. The molecule has 2 aromatic heterocycles. The largest absolute Gasteiger partial charge is 0.486 e. The minimum absolute atomic E-state index is 0.243. The molecule has 0 aliphatic carbocycles. The molecule has 0 amide bonds. The van der Waals surface area contributed by atoms with Crippen molar-refractivity contribution < 1.29 is 4.74 Å². The number of para-hydroxylation sites is 2. The minimum Gasteiger partial charge on any atom is -0.486 e. The van der Waals surface area contributed by atoms with Gasteiger partial charge >= 0.3 is 0 Å². The Morgan fingerprint density at radius 3 is 2.76 bits per heavy atom. The zero-order valence-corrected chi connectivity index (χ0v) is 16.0. The van der Waals surface area contributed by atoms with E-state index in [9.17, 15) is 4.79 Å². The number of rotatable bonds is 4. The number of hydrogen-bond acceptors (Lipinski definition) is 7. The lowest BCUT2D eigenvalue weighted by Gasteiger charge is -2.03. The van der Waals surface area contributed by atoms with Gasteiger partial charge in [-0.1, -0.05) is 47.7 Å². The summed E-state index contributed by atoms with van der Waals surface area (Å²) < 4.78 is 7.21. The molecule has 142 valence electrons. The molecule has 29 heavy (non-hydrogen) atoms. The normalized spacial score (nSPS) is 13.9. The van der Waals surface area contributed by atoms with Crippen molar-refractivity contribution in [3.05, 3.63) is 81.1 Å². The van der Waals surface area contributed by atoms with Crippen molar-refractivity contribution in [2.24, 2.45) is 4.99 Å². The van der Waals surface area contributed by atoms with Crippen LogP contribution in [0.5, 0.6) is 5.75 Å². The van der Waals surface area contributed by atoms with Gasteiger partial charge in [-0.05, 0) is 24.3 Å². The fourth-order valence-corrected chi connectivity index (χ4v) is 3.89. The van der Waals surface area contributed by atoms with Crippen LogP contribution in [0, 0.1) is 0 Å². The topological polar surface area (TPSA) is 94.9 Å². The number of aromatic nitrogens is 3. The van der Waals surface area contributed by atoms with Crippen molar-refractivity contribution >= 4 is 45.7 Å². The maximum atomic E-state index is 12.6. The molecule has 0 fully saturated rings. The number of anilines is 1. The quantitative estimate of drug-likeness (QED) is 0.564. The molecule has 4 aromatic rings. The summed E-state index contributed by atoms with van der Waals surface area (Å²) in [6.07, 6.45) is 3.44. The molecule has 1 aliphatic rings. The first-order chi connectivity index (χ1) is 14.2. The highest BCUT2D eigenvalue weighted by molar-refractivity contribution is 7.16. The van der Waals surface area contributed by atoms with Gasteiger partial charge < -0.3 is 10.5 Å². The van der Waals surface area contributed by atoms with Crippen molar-refractivity contribution in [1.82, 2.24) is 14.6 Å². The fourth-order valence-electron chi connectivity index (χ4n) is 3.09. The summed E-state index contributed by atoms with van der Waals surface area (Å²) in [5, 5.41) is 5.14. The Balaban J connectivity index is 1.51. The monoisotopic (exact) mass is 401 g/mol. The van der Waals surface area contributed by atoms with Crippen LogP contribution < -0.4 is 16.0 Å². The van der Waals surface area contributed by atoms with Crippen LogP contribution in [0.3, 0.4) is 0 Å². The average Bonchev–Trinajstić information content (AvgIpc) is 3.34. The van der Waals surface area contributed by atoms with Crippen LogP contribution in [-0.2, 0) is 6.61 Å². The van der Waals surface area contributed by atoms with Crippen molar-refractivity contribution in [1.29, 1.82) is 0 Å². The van der Waals surface area contributed by atoms with Gasteiger partial charge in [-0.2, -0.15) is 14.6 Å². The molecule has 3 heterocycles. The third-order valence-corrected chi connectivity index (χ3v) is 5.38. The lowest BCUT2D eigenvalue weighted by Crippen LogP contribution is -2.16. The molecule has 5 rings (SSSR count). The van der Waals surface area contributed by atoms with Crippen LogP contribution in [-0.4, -0.2) is 20.8 Å². The van der Waals surface area contributed by atoms with Gasteiger partial charge in [0.15, 0.2) is 5.01 Å². The van der Waals surface area contributed by atoms with Gasteiger partial charge in [0.05, 0.1) is 11.3 Å². The summed E-state index contributed by atoms with van der Waals surface area (Å²) in [6.45, 7) is 0.266. The molecule has 2 aromatic carbocycles. The fraction of sp³-hybridized carbons (Fsp3) is 0.0476. The zero-order chi connectivity index (χ0) is 19.8. The van der Waals surface area contributed by atoms with Gasteiger partial charge in [0.2, 0.25) is 4.96 Å². The first-order valence-electron chi connectivity index (χ1n) is 8.90. The van der Waals surface area contributed by atoms with Crippen molar-refractivity contribution in [3.63, 3.8) is 0 Å². The number of allylic oxidation sites excluding steroid dienone is 1. The van der Waals surface area contributed by atoms with Crippen molar-refractivity contribution in [2.75, 3.05) is 5.73 Å². The van der Waals surface area contributed by atoms with Gasteiger partial charge in [-0.15, -0.1) is 0 Å². The number of fused-ring (bicyclic) bond motifs is 2. The van der Waals surface area contributed by atoms with E-state index in [-0.39, 0.29) is 12.4 Å². The van der Waals surface area contributed by atoms with Gasteiger partial charge in [-0.3, -0.25) is 9.79 Å². The molecule has 0 saturated carbocycles. The Morgan fingerprint density at radius 2 is 1.90 bits per heavy atom. The maximum absolute atomic E-state index is 12.6. The van der Waals surface area contributed by atoms with Crippen LogP contribution >= 0.6 is 11.3 Å². The van der Waals surface area contributed by atoms with E-state index >= 15 is 0 Å². The molecule has 0 bridgehead atoms. The molecule has 2 N–H and O–H groups in total. The SMILES string of the molecule is Nc1c(C=C2C=Nc3ccccc32)c(=O)nc2sc(COc3ccccc3)nn12. The van der Waals surface area contributed by atoms with Gasteiger partial charge in [-0.25, -0.2) is 0 Å². The smallest absolute Gasteiger partial charge is 0.283 e. The second-order valence-corrected chi connectivity index (χ2v) is 7.42. The standard InChI is InChI=1S/C21H15N5O2S/c22-19-16(10-13-11-23-17-9-5-4-8-15(13)17)20(27)24-21-26(19)25-18(29-21)12-28-14-6-2-1-3-7-14/h1-11H,12,22H2. The van der Waals surface area contributed by atoms with E-state index in [4.69, 9.17) is 10.5 Å². The minimum atomic E-state index is -0.396. The number of ether oxygens (including phenoxy) is 1. The third kappa shape index (κ3) is 3.19. The van der Waals surface area contributed by atoms with E-state index in [1.807, 2.05) is 54.6 Å². The number of nitrogen functional groups attached to an aromatic ring is 1. The lowest BCUT2D eigenvalue weighted by molar-refractivity contribution is 0.304. The van der Waals surface area contributed by atoms with E-state index in [2.05, 4.69) is 15.1 Å². The van der Waals surface area contributed by atoms with E-state index in [1.54, 1.807) is 12.3 Å². The highest BCUT2D eigenvalue weighted by atomic mass is 32.1. The Labute approximate surface area is 169 Å². The molecule has 1 aliphatic heterocycles. The lowest BCUT2D eigenvalue weighted by atomic mass is 10.1. The molecule has 8 heteroatoms. The summed E-state index contributed by atoms with van der Waals surface area (Å²) in [6, 6.07) is 17.2. The van der Waals surface area contributed by atoms with Gasteiger partial charge in [0, 0.05) is 17.4 Å². The molecule has 0 unspecified atom stereocenters. The molecule has 7 nitrogen and oxygen atoms in total. The highest BCUT2D eigenvalue weighted by Crippen LogP contribution is 2.32. The second kappa shape index (κ2) is 6.99. The third-order valence-electron chi connectivity index (χ3n) is 4.50. The summed E-state index contributed by atoms with van der Waals surface area (Å²) in [5.41, 5.74) is 8.80. The van der Waals surface area contributed by atoms with Gasteiger partial charge in [0.1, 0.15) is 18.2 Å². The first-order valence-corrected chi connectivity index (χ1v) is 9.72. The van der Waals surface area contributed by atoms with Gasteiger partial charge in [0.25, 0.3) is 5.56 Å². The Bertz CT molecular complexity index is 1340. The Hall–Kier alpha value is -3.78. The number of nitrogens with two attached hydrogens (primary N) is 1. The van der Waals surface area contributed by atoms with Crippen LogP contribution in [0.15, 0.2) is 64.4 Å². The molecular weight excluding hydrogens is 386 g/mol. The molecule has 0 spiro atoms. The molecule has 0 radical (unpaired) electrons. The zero-order valence-electron chi connectivity index (χ0n) is 15.1. The van der Waals surface area contributed by atoms with E-state index in [0.29, 0.717) is 15.5 Å². The average molecular weight is 401 g/mol. The predicted octanol–water partition coefficient (Wildman–Crippen LogP) is 3.57. The molecule has 0 saturated heterocycles. The van der Waals surface area contributed by atoms with E-state index < -0.39 is 5.56 Å². The number of benzene rings is 2. The summed E-state index contributed by atoms with van der Waals surface area (Å²) in [7, 11) is 0. The van der Waals surface area contributed by atoms with Crippen LogP contribution in [0.2, 0.25) is 0 Å².